The molecule has 19 heavy (non-hydrogen) atoms. The van der Waals surface area contributed by atoms with E-state index >= 15 is 0 Å². The summed E-state index contributed by atoms with van der Waals surface area (Å²) in [6, 6.07) is 12.0. The van der Waals surface area contributed by atoms with E-state index in [9.17, 15) is 0 Å². The van der Waals surface area contributed by atoms with Crippen molar-refractivity contribution in [2.45, 2.75) is 6.92 Å². The standard InChI is InChI=1S/C16H17NO2/c1-2-18-12-19-16-8-7-14-10-13(4-3-9-17)5-6-15(14)11-16/h5-8,10-11H,2,9,12,17H2,1H3. The Labute approximate surface area is 113 Å². The summed E-state index contributed by atoms with van der Waals surface area (Å²) < 4.78 is 10.6. The summed E-state index contributed by atoms with van der Waals surface area (Å²) in [4.78, 5) is 0. The van der Waals surface area contributed by atoms with Gasteiger partial charge in [-0.15, -0.1) is 0 Å². The number of nitrogens with two attached hydrogens (primary N) is 1. The second kappa shape index (κ2) is 6.79. The number of hydrogen-bond acceptors (Lipinski definition) is 3. The van der Waals surface area contributed by atoms with Crippen LogP contribution in [0, 0.1) is 11.8 Å². The maximum Gasteiger partial charge on any atom is 0.189 e. The smallest absolute Gasteiger partial charge is 0.189 e. The highest BCUT2D eigenvalue weighted by atomic mass is 16.7. The molecule has 0 aliphatic rings. The molecule has 2 rings (SSSR count). The molecule has 0 amide bonds. The molecule has 0 aliphatic carbocycles. The van der Waals surface area contributed by atoms with Crippen LogP contribution in [0.4, 0.5) is 0 Å². The van der Waals surface area contributed by atoms with E-state index in [1.54, 1.807) is 0 Å². The summed E-state index contributed by atoms with van der Waals surface area (Å²) in [5.74, 6) is 6.69. The van der Waals surface area contributed by atoms with Crippen LogP contribution in [0.2, 0.25) is 0 Å². The van der Waals surface area contributed by atoms with Gasteiger partial charge in [-0.05, 0) is 42.0 Å². The van der Waals surface area contributed by atoms with Crippen LogP contribution >= 0.6 is 0 Å². The van der Waals surface area contributed by atoms with Crippen LogP contribution in [-0.4, -0.2) is 19.9 Å². The molecule has 0 fully saturated rings. The second-order valence-electron chi connectivity index (χ2n) is 3.98. The zero-order valence-corrected chi connectivity index (χ0v) is 11.0. The third-order valence-corrected chi connectivity index (χ3v) is 2.66. The van der Waals surface area contributed by atoms with E-state index in [0.29, 0.717) is 13.2 Å². The average Bonchev–Trinajstić information content (AvgIpc) is 2.45. The molecule has 0 atom stereocenters. The fraction of sp³-hybridized carbons (Fsp3) is 0.250. The van der Waals surface area contributed by atoms with Gasteiger partial charge < -0.3 is 15.2 Å². The van der Waals surface area contributed by atoms with Crippen molar-refractivity contribution in [2.75, 3.05) is 19.9 Å². The van der Waals surface area contributed by atoms with Crippen molar-refractivity contribution in [2.24, 2.45) is 5.73 Å². The van der Waals surface area contributed by atoms with Crippen molar-refractivity contribution in [3.63, 3.8) is 0 Å². The van der Waals surface area contributed by atoms with Crippen LogP contribution in [-0.2, 0) is 4.74 Å². The molecule has 2 aromatic carbocycles. The minimum absolute atomic E-state index is 0.280. The fourth-order valence-electron chi connectivity index (χ4n) is 1.74. The predicted octanol–water partition coefficient (Wildman–Crippen LogP) is 2.52. The zero-order chi connectivity index (χ0) is 13.5. The van der Waals surface area contributed by atoms with Crippen LogP contribution in [0.1, 0.15) is 12.5 Å². The summed E-state index contributed by atoms with van der Waals surface area (Å²) in [7, 11) is 0. The highest BCUT2D eigenvalue weighted by Gasteiger charge is 1.98. The molecular weight excluding hydrogens is 238 g/mol. The molecule has 0 saturated heterocycles. The lowest BCUT2D eigenvalue weighted by Crippen LogP contribution is -2.01. The normalized spacial score (nSPS) is 10.0. The van der Waals surface area contributed by atoms with E-state index < -0.39 is 0 Å². The number of rotatable bonds is 4. The Morgan fingerprint density at radius 3 is 2.68 bits per heavy atom. The minimum atomic E-state index is 0.280. The van der Waals surface area contributed by atoms with E-state index in [1.165, 1.54) is 0 Å². The quantitative estimate of drug-likeness (QED) is 0.518. The molecule has 0 spiro atoms. The lowest BCUT2D eigenvalue weighted by Gasteiger charge is -2.07. The van der Waals surface area contributed by atoms with Crippen LogP contribution in [0.3, 0.4) is 0 Å². The molecule has 3 nitrogen and oxygen atoms in total. The molecule has 0 unspecified atom stereocenters. The summed E-state index contributed by atoms with van der Waals surface area (Å²) in [5.41, 5.74) is 6.34. The SMILES string of the molecule is CCOCOc1ccc2cc(C#CCN)ccc2c1. The highest BCUT2D eigenvalue weighted by molar-refractivity contribution is 5.85. The van der Waals surface area contributed by atoms with Gasteiger partial charge in [0, 0.05) is 12.2 Å². The van der Waals surface area contributed by atoms with Crippen LogP contribution in [0.15, 0.2) is 36.4 Å². The van der Waals surface area contributed by atoms with Gasteiger partial charge in [-0.3, -0.25) is 0 Å². The summed E-state index contributed by atoms with van der Waals surface area (Å²) >= 11 is 0. The fourth-order valence-corrected chi connectivity index (χ4v) is 1.74. The van der Waals surface area contributed by atoms with Gasteiger partial charge in [0.2, 0.25) is 0 Å². The van der Waals surface area contributed by atoms with E-state index in [1.807, 2.05) is 43.3 Å². The number of hydrogen-bond donors (Lipinski definition) is 1. The predicted molar refractivity (Wildman–Crippen MR) is 77.0 cm³/mol. The molecular formula is C16H17NO2. The maximum atomic E-state index is 5.48. The highest BCUT2D eigenvalue weighted by Crippen LogP contribution is 2.21. The monoisotopic (exact) mass is 255 g/mol. The molecule has 2 N–H and O–H groups in total. The largest absolute Gasteiger partial charge is 0.468 e. The summed E-state index contributed by atoms with van der Waals surface area (Å²) in [5, 5.41) is 2.25. The van der Waals surface area contributed by atoms with Gasteiger partial charge in [-0.25, -0.2) is 0 Å². The molecule has 0 heterocycles. The Hall–Kier alpha value is -2.02. The van der Waals surface area contributed by atoms with Crippen molar-refractivity contribution in [3.8, 4) is 17.6 Å². The second-order valence-corrected chi connectivity index (χ2v) is 3.98. The first-order chi connectivity index (χ1) is 9.33. The van der Waals surface area contributed by atoms with Gasteiger partial charge in [0.15, 0.2) is 6.79 Å². The Balaban J connectivity index is 2.20. The first-order valence-corrected chi connectivity index (χ1v) is 6.27. The van der Waals surface area contributed by atoms with E-state index in [4.69, 9.17) is 15.2 Å². The molecule has 0 aromatic heterocycles. The Morgan fingerprint density at radius 2 is 1.89 bits per heavy atom. The van der Waals surface area contributed by atoms with Crippen molar-refractivity contribution in [1.29, 1.82) is 0 Å². The van der Waals surface area contributed by atoms with Crippen molar-refractivity contribution in [3.05, 3.63) is 42.0 Å². The third-order valence-electron chi connectivity index (χ3n) is 2.66. The molecule has 0 aliphatic heterocycles. The van der Waals surface area contributed by atoms with Crippen molar-refractivity contribution >= 4 is 10.8 Å². The van der Waals surface area contributed by atoms with Crippen LogP contribution in [0.5, 0.6) is 5.75 Å². The van der Waals surface area contributed by atoms with Gasteiger partial charge in [-0.1, -0.05) is 24.0 Å². The molecule has 98 valence electrons. The van der Waals surface area contributed by atoms with Gasteiger partial charge >= 0.3 is 0 Å². The summed E-state index contributed by atoms with van der Waals surface area (Å²) in [6.07, 6.45) is 0. The first kappa shape index (κ1) is 13.4. The van der Waals surface area contributed by atoms with Crippen LogP contribution < -0.4 is 10.5 Å². The lowest BCUT2D eigenvalue weighted by atomic mass is 10.1. The maximum absolute atomic E-state index is 5.48. The van der Waals surface area contributed by atoms with Crippen molar-refractivity contribution < 1.29 is 9.47 Å². The molecule has 0 saturated carbocycles. The van der Waals surface area contributed by atoms with Gasteiger partial charge in [0.05, 0.1) is 6.54 Å². The Morgan fingerprint density at radius 1 is 1.11 bits per heavy atom. The lowest BCUT2D eigenvalue weighted by molar-refractivity contribution is 0.0225. The zero-order valence-electron chi connectivity index (χ0n) is 11.0. The Kier molecular flexibility index (Phi) is 4.79. The molecule has 2 aromatic rings. The minimum Gasteiger partial charge on any atom is -0.468 e. The number of fused-ring (bicyclic) bond motifs is 1. The van der Waals surface area contributed by atoms with E-state index in [0.717, 1.165) is 22.1 Å². The van der Waals surface area contributed by atoms with Gasteiger partial charge in [-0.2, -0.15) is 0 Å². The third kappa shape index (κ3) is 3.72. The topological polar surface area (TPSA) is 44.5 Å². The van der Waals surface area contributed by atoms with E-state index in [-0.39, 0.29) is 6.79 Å². The number of ether oxygens (including phenoxy) is 2. The van der Waals surface area contributed by atoms with Gasteiger partial charge in [0.25, 0.3) is 0 Å². The van der Waals surface area contributed by atoms with Gasteiger partial charge in [0.1, 0.15) is 5.75 Å². The van der Waals surface area contributed by atoms with Crippen LogP contribution in [0.25, 0.3) is 10.8 Å². The van der Waals surface area contributed by atoms with Crippen molar-refractivity contribution in [1.82, 2.24) is 0 Å². The molecule has 0 bridgehead atoms. The first-order valence-electron chi connectivity index (χ1n) is 6.27. The average molecular weight is 255 g/mol. The molecule has 0 radical (unpaired) electrons. The van der Waals surface area contributed by atoms with E-state index in [2.05, 4.69) is 11.8 Å². The molecule has 3 heteroatoms. The Bertz CT molecular complexity index is 611. The number of benzene rings is 2. The summed E-state index contributed by atoms with van der Waals surface area (Å²) in [6.45, 7) is 3.24.